The van der Waals surface area contributed by atoms with Crippen LogP contribution in [0.5, 0.6) is 0 Å². The van der Waals surface area contributed by atoms with Crippen molar-refractivity contribution in [3.63, 3.8) is 0 Å². The van der Waals surface area contributed by atoms with Crippen molar-refractivity contribution in [3.8, 4) is 0 Å². The van der Waals surface area contributed by atoms with Crippen molar-refractivity contribution < 1.29 is 0 Å². The number of nitrogens with zero attached hydrogens (tertiary/aromatic N) is 2. The van der Waals surface area contributed by atoms with E-state index in [1.165, 1.54) is 5.56 Å². The molecule has 2 aliphatic heterocycles. The quantitative estimate of drug-likeness (QED) is 0.423. The fraction of sp³-hybridized carbons (Fsp3) is 0.0476. The summed E-state index contributed by atoms with van der Waals surface area (Å²) in [7, 11) is 0. The molecule has 3 aromatic heterocycles. The number of H-pyrrole nitrogens is 2. The van der Waals surface area contributed by atoms with Gasteiger partial charge in [-0.2, -0.15) is 0 Å². The fourth-order valence-electron chi connectivity index (χ4n) is 3.16. The van der Waals surface area contributed by atoms with Crippen LogP contribution in [0, 0.1) is 6.92 Å². The fourth-order valence-corrected chi connectivity index (χ4v) is 3.16. The molecule has 0 fully saturated rings. The number of nitrogens with one attached hydrogen (secondary N) is 2. The van der Waals surface area contributed by atoms with Gasteiger partial charge in [0.05, 0.1) is 22.8 Å². The lowest BCUT2D eigenvalue weighted by Gasteiger charge is -1.87. The van der Waals surface area contributed by atoms with E-state index in [9.17, 15) is 0 Å². The highest BCUT2D eigenvalue weighted by Gasteiger charge is 2.03. The molecule has 8 bridgehead atoms. The molecule has 0 radical (unpaired) electrons. The minimum atomic E-state index is 0.916. The van der Waals surface area contributed by atoms with Gasteiger partial charge < -0.3 is 9.97 Å². The second-order valence-electron chi connectivity index (χ2n) is 6.36. The zero-order valence-corrected chi connectivity index (χ0v) is 13.7. The first-order chi connectivity index (χ1) is 12.2. The Balaban J connectivity index is 1.87. The summed E-state index contributed by atoms with van der Waals surface area (Å²) in [6.07, 6.45) is 8.08. The van der Waals surface area contributed by atoms with Gasteiger partial charge in [0.25, 0.3) is 0 Å². The molecule has 0 aromatic carbocycles. The first kappa shape index (κ1) is 14.0. The largest absolute Gasteiger partial charge is 0.355 e. The second kappa shape index (κ2) is 5.31. The van der Waals surface area contributed by atoms with Crippen molar-refractivity contribution in [2.45, 2.75) is 6.92 Å². The Morgan fingerprint density at radius 1 is 0.600 bits per heavy atom. The predicted molar refractivity (Wildman–Crippen MR) is 104 cm³/mol. The van der Waals surface area contributed by atoms with Crippen molar-refractivity contribution >= 4 is 46.4 Å². The van der Waals surface area contributed by atoms with Crippen molar-refractivity contribution in [1.29, 1.82) is 0 Å². The lowest BCUT2D eigenvalue weighted by molar-refractivity contribution is 1.27. The summed E-state index contributed by atoms with van der Waals surface area (Å²) < 4.78 is 0. The molecule has 2 aliphatic rings. The molecular weight excluding hydrogens is 308 g/mol. The SMILES string of the molecule is Cc1cc2cc3ccc(cc4nc(cc5nc(cc1[nH]2)C=C5)C=C4)[nH]3. The molecule has 0 saturated heterocycles. The molecule has 0 atom stereocenters. The molecule has 5 heterocycles. The maximum atomic E-state index is 4.66. The van der Waals surface area contributed by atoms with E-state index >= 15 is 0 Å². The normalized spacial score (nSPS) is 12.7. The topological polar surface area (TPSA) is 57.4 Å². The van der Waals surface area contributed by atoms with Gasteiger partial charge in [-0.25, -0.2) is 9.97 Å². The molecule has 4 nitrogen and oxygen atoms in total. The summed E-state index contributed by atoms with van der Waals surface area (Å²) in [4.78, 5) is 16.2. The molecule has 0 spiro atoms. The summed E-state index contributed by atoms with van der Waals surface area (Å²) in [5.41, 5.74) is 9.14. The summed E-state index contributed by atoms with van der Waals surface area (Å²) in [5.74, 6) is 0. The van der Waals surface area contributed by atoms with Gasteiger partial charge in [-0.15, -0.1) is 0 Å². The molecule has 0 saturated carbocycles. The third kappa shape index (κ3) is 2.68. The molecule has 120 valence electrons. The van der Waals surface area contributed by atoms with Crippen LogP contribution >= 0.6 is 0 Å². The molecule has 2 N–H and O–H groups in total. The first-order valence-corrected chi connectivity index (χ1v) is 8.26. The van der Waals surface area contributed by atoms with Gasteiger partial charge in [0, 0.05) is 22.1 Å². The zero-order chi connectivity index (χ0) is 16.8. The van der Waals surface area contributed by atoms with Crippen LogP contribution in [0.15, 0.2) is 42.5 Å². The first-order valence-electron chi connectivity index (χ1n) is 8.26. The molecule has 0 amide bonds. The summed E-state index contributed by atoms with van der Waals surface area (Å²) in [5, 5.41) is 0. The average Bonchev–Trinajstić information content (AvgIpc) is 3.33. The third-order valence-corrected chi connectivity index (χ3v) is 4.38. The van der Waals surface area contributed by atoms with Gasteiger partial charge in [0.1, 0.15) is 0 Å². The Morgan fingerprint density at radius 3 is 1.92 bits per heavy atom. The molecule has 3 aromatic rings. The number of fused-ring (bicyclic) bond motifs is 8. The number of aromatic amines is 2. The van der Waals surface area contributed by atoms with Gasteiger partial charge in [0.2, 0.25) is 0 Å². The maximum absolute atomic E-state index is 4.66. The standard InChI is InChI=1S/C21H16N4/c1-13-8-20-11-18-5-4-16(23-18)9-14-2-3-15(22-14)10-17-6-7-19(24-17)12-21(13)25-20/h2-12,23,25H,1H3. The molecule has 4 heteroatoms. The minimum Gasteiger partial charge on any atom is -0.355 e. The van der Waals surface area contributed by atoms with Crippen LogP contribution in [0.25, 0.3) is 46.4 Å². The lowest BCUT2D eigenvalue weighted by Crippen LogP contribution is -1.77. The molecule has 0 unspecified atom stereocenters. The predicted octanol–water partition coefficient (Wildman–Crippen LogP) is 4.96. The Hall–Kier alpha value is -3.40. The van der Waals surface area contributed by atoms with E-state index in [0.717, 1.165) is 44.8 Å². The van der Waals surface area contributed by atoms with Crippen LogP contribution in [-0.2, 0) is 0 Å². The maximum Gasteiger partial charge on any atom is 0.0659 e. The Bertz CT molecular complexity index is 1210. The Kier molecular flexibility index (Phi) is 2.97. The van der Waals surface area contributed by atoms with E-state index in [1.54, 1.807) is 0 Å². The van der Waals surface area contributed by atoms with Crippen molar-refractivity contribution in [1.82, 2.24) is 19.9 Å². The number of hydrogen-bond acceptors (Lipinski definition) is 2. The Labute approximate surface area is 144 Å². The molecule has 5 rings (SSSR count). The van der Waals surface area contributed by atoms with Gasteiger partial charge in [0.15, 0.2) is 0 Å². The zero-order valence-electron chi connectivity index (χ0n) is 13.7. The van der Waals surface area contributed by atoms with E-state index in [2.05, 4.69) is 57.2 Å². The molecule has 0 aliphatic carbocycles. The minimum absolute atomic E-state index is 0.916. The van der Waals surface area contributed by atoms with E-state index < -0.39 is 0 Å². The van der Waals surface area contributed by atoms with Gasteiger partial charge in [-0.05, 0) is 79.3 Å². The Morgan fingerprint density at radius 2 is 1.20 bits per heavy atom. The summed E-state index contributed by atoms with van der Waals surface area (Å²) >= 11 is 0. The number of rotatable bonds is 0. The van der Waals surface area contributed by atoms with Gasteiger partial charge >= 0.3 is 0 Å². The van der Waals surface area contributed by atoms with E-state index in [1.807, 2.05) is 36.4 Å². The summed E-state index contributed by atoms with van der Waals surface area (Å²) in [6.45, 7) is 2.10. The molecular formula is C21H16N4. The summed E-state index contributed by atoms with van der Waals surface area (Å²) in [6, 6.07) is 14.5. The lowest BCUT2D eigenvalue weighted by atomic mass is 10.3. The van der Waals surface area contributed by atoms with Crippen molar-refractivity contribution in [3.05, 3.63) is 70.8 Å². The van der Waals surface area contributed by atoms with Crippen LogP contribution in [-0.4, -0.2) is 19.9 Å². The van der Waals surface area contributed by atoms with E-state index in [-0.39, 0.29) is 0 Å². The highest BCUT2D eigenvalue weighted by atomic mass is 14.8. The van der Waals surface area contributed by atoms with Crippen molar-refractivity contribution in [2.24, 2.45) is 0 Å². The molecule has 25 heavy (non-hydrogen) atoms. The average molecular weight is 324 g/mol. The van der Waals surface area contributed by atoms with Crippen LogP contribution in [0.2, 0.25) is 0 Å². The van der Waals surface area contributed by atoms with E-state index in [0.29, 0.717) is 0 Å². The van der Waals surface area contributed by atoms with Crippen LogP contribution in [0.1, 0.15) is 28.3 Å². The third-order valence-electron chi connectivity index (χ3n) is 4.38. The number of aryl methyl sites for hydroxylation is 1. The monoisotopic (exact) mass is 324 g/mol. The van der Waals surface area contributed by atoms with Crippen molar-refractivity contribution in [2.75, 3.05) is 0 Å². The van der Waals surface area contributed by atoms with Crippen LogP contribution in [0.4, 0.5) is 0 Å². The highest BCUT2D eigenvalue weighted by Crippen LogP contribution is 2.18. The highest BCUT2D eigenvalue weighted by molar-refractivity contribution is 5.78. The van der Waals surface area contributed by atoms with Crippen LogP contribution < -0.4 is 0 Å². The van der Waals surface area contributed by atoms with Gasteiger partial charge in [-0.1, -0.05) is 0 Å². The second-order valence-corrected chi connectivity index (χ2v) is 6.36. The van der Waals surface area contributed by atoms with Crippen LogP contribution in [0.3, 0.4) is 0 Å². The van der Waals surface area contributed by atoms with E-state index in [4.69, 9.17) is 0 Å². The number of aromatic nitrogens is 4. The van der Waals surface area contributed by atoms with Gasteiger partial charge in [-0.3, -0.25) is 0 Å². The number of hydrogen-bond donors (Lipinski definition) is 2. The smallest absolute Gasteiger partial charge is 0.0659 e.